The summed E-state index contributed by atoms with van der Waals surface area (Å²) >= 11 is 0. The lowest BCUT2D eigenvalue weighted by Crippen LogP contribution is -2.37. The van der Waals surface area contributed by atoms with Crippen LogP contribution in [-0.4, -0.2) is 46.9 Å². The molecule has 1 amide bonds. The minimum atomic E-state index is -0.416. The van der Waals surface area contributed by atoms with Crippen LogP contribution in [0.25, 0.3) is 0 Å². The fourth-order valence-corrected chi connectivity index (χ4v) is 2.82. The minimum absolute atomic E-state index is 0.00645. The molecule has 7 nitrogen and oxygen atoms in total. The first-order valence-corrected chi connectivity index (χ1v) is 7.19. The number of nitrogens with zero attached hydrogens (tertiary/aromatic N) is 4. The molecule has 0 N–H and O–H groups in total. The predicted molar refractivity (Wildman–Crippen MR) is 77.0 cm³/mol. The second-order valence-electron chi connectivity index (χ2n) is 5.72. The third kappa shape index (κ3) is 2.68. The van der Waals surface area contributed by atoms with E-state index < -0.39 is 4.92 Å². The minimum Gasteiger partial charge on any atom is -0.349 e. The number of likely N-dealkylation sites (tertiary alicyclic amines) is 1. The molecule has 0 aromatic carbocycles. The second kappa shape index (κ2) is 5.31. The molecule has 0 spiro atoms. The van der Waals surface area contributed by atoms with E-state index >= 15 is 0 Å². The van der Waals surface area contributed by atoms with E-state index in [2.05, 4.69) is 4.98 Å². The van der Waals surface area contributed by atoms with Gasteiger partial charge in [-0.25, -0.2) is 4.98 Å². The van der Waals surface area contributed by atoms with E-state index in [1.54, 1.807) is 12.3 Å². The first kappa shape index (κ1) is 13.8. The Hall–Kier alpha value is -2.18. The lowest BCUT2D eigenvalue weighted by molar-refractivity contribution is -0.384. The van der Waals surface area contributed by atoms with Crippen LogP contribution in [0.1, 0.15) is 19.3 Å². The van der Waals surface area contributed by atoms with E-state index in [-0.39, 0.29) is 23.6 Å². The van der Waals surface area contributed by atoms with Crippen LogP contribution in [0.5, 0.6) is 0 Å². The van der Waals surface area contributed by atoms with Crippen molar-refractivity contribution in [2.45, 2.75) is 25.3 Å². The molecule has 0 radical (unpaired) electrons. The first-order chi connectivity index (χ1) is 10.1. The van der Waals surface area contributed by atoms with Gasteiger partial charge in [0.1, 0.15) is 0 Å². The van der Waals surface area contributed by atoms with Gasteiger partial charge in [0.2, 0.25) is 11.7 Å². The topological polar surface area (TPSA) is 79.6 Å². The van der Waals surface area contributed by atoms with Crippen LogP contribution in [0.4, 0.5) is 11.5 Å². The summed E-state index contributed by atoms with van der Waals surface area (Å²) in [5.74, 6) is 0.827. The molecule has 1 aromatic heterocycles. The van der Waals surface area contributed by atoms with Crippen molar-refractivity contribution in [3.05, 3.63) is 28.4 Å². The molecule has 1 unspecified atom stereocenters. The zero-order chi connectivity index (χ0) is 15.0. The molecule has 2 aliphatic rings. The van der Waals surface area contributed by atoms with Crippen molar-refractivity contribution in [2.24, 2.45) is 5.92 Å². The van der Waals surface area contributed by atoms with Gasteiger partial charge in [-0.3, -0.25) is 14.9 Å². The summed E-state index contributed by atoms with van der Waals surface area (Å²) in [6, 6.07) is 3.11. The molecular weight excluding hydrogens is 272 g/mol. The third-order valence-electron chi connectivity index (χ3n) is 4.25. The van der Waals surface area contributed by atoms with Crippen LogP contribution in [-0.2, 0) is 4.79 Å². The number of carbonyl (C=O) groups excluding carboxylic acids is 1. The van der Waals surface area contributed by atoms with Crippen molar-refractivity contribution in [1.82, 2.24) is 9.88 Å². The number of anilines is 1. The summed E-state index contributed by atoms with van der Waals surface area (Å²) in [6.45, 7) is 1.35. The van der Waals surface area contributed by atoms with Crippen LogP contribution >= 0.6 is 0 Å². The summed E-state index contributed by atoms with van der Waals surface area (Å²) < 4.78 is 0. The Bertz CT molecular complexity index is 573. The van der Waals surface area contributed by atoms with Crippen molar-refractivity contribution < 1.29 is 9.72 Å². The Balaban J connectivity index is 1.73. The average molecular weight is 290 g/mol. The van der Waals surface area contributed by atoms with Crippen molar-refractivity contribution in [1.29, 1.82) is 0 Å². The normalized spacial score (nSPS) is 21.4. The summed E-state index contributed by atoms with van der Waals surface area (Å²) in [5, 5.41) is 11.1. The maximum atomic E-state index is 12.1. The molecule has 1 aliphatic heterocycles. The Morgan fingerprint density at radius 2 is 2.24 bits per heavy atom. The maximum absolute atomic E-state index is 12.1. The summed E-state index contributed by atoms with van der Waals surface area (Å²) in [5.41, 5.74) is 0.00645. The quantitative estimate of drug-likeness (QED) is 0.619. The molecule has 1 saturated carbocycles. The maximum Gasteiger partial charge on any atom is 0.311 e. The summed E-state index contributed by atoms with van der Waals surface area (Å²) in [7, 11) is 1.81. The van der Waals surface area contributed by atoms with Crippen LogP contribution in [0, 0.1) is 16.0 Å². The van der Waals surface area contributed by atoms with Gasteiger partial charge >= 0.3 is 5.69 Å². The zero-order valence-electron chi connectivity index (χ0n) is 11.9. The molecule has 21 heavy (non-hydrogen) atoms. The fraction of sp³-hybridized carbons (Fsp3) is 0.571. The highest BCUT2D eigenvalue weighted by Gasteiger charge is 2.38. The molecule has 2 heterocycles. The number of hydrogen-bond donors (Lipinski definition) is 0. The Morgan fingerprint density at radius 3 is 2.90 bits per heavy atom. The highest BCUT2D eigenvalue weighted by Crippen LogP contribution is 2.33. The molecule has 1 saturated heterocycles. The lowest BCUT2D eigenvalue weighted by Gasteiger charge is -2.25. The molecule has 0 bridgehead atoms. The van der Waals surface area contributed by atoms with E-state index in [4.69, 9.17) is 0 Å². The second-order valence-corrected chi connectivity index (χ2v) is 5.72. The molecule has 112 valence electrons. The van der Waals surface area contributed by atoms with Crippen molar-refractivity contribution in [2.75, 3.05) is 25.0 Å². The summed E-state index contributed by atoms with van der Waals surface area (Å²) in [4.78, 5) is 30.6. The monoisotopic (exact) mass is 290 g/mol. The summed E-state index contributed by atoms with van der Waals surface area (Å²) in [6.07, 6.45) is 4.38. The number of carbonyl (C=O) groups is 1. The van der Waals surface area contributed by atoms with Crippen LogP contribution in [0.2, 0.25) is 0 Å². The van der Waals surface area contributed by atoms with E-state index in [1.807, 2.05) is 16.8 Å². The fourth-order valence-electron chi connectivity index (χ4n) is 2.82. The van der Waals surface area contributed by atoms with E-state index in [0.717, 1.165) is 25.8 Å². The highest BCUT2D eigenvalue weighted by molar-refractivity contribution is 5.81. The van der Waals surface area contributed by atoms with Crippen molar-refractivity contribution in [3.63, 3.8) is 0 Å². The molecule has 1 atom stereocenters. The third-order valence-corrected chi connectivity index (χ3v) is 4.25. The van der Waals surface area contributed by atoms with E-state index in [0.29, 0.717) is 12.4 Å². The van der Waals surface area contributed by atoms with Gasteiger partial charge in [-0.1, -0.05) is 0 Å². The van der Waals surface area contributed by atoms with Crippen molar-refractivity contribution in [3.8, 4) is 0 Å². The predicted octanol–water partition coefficient (Wildman–Crippen LogP) is 1.44. The molecule has 1 aromatic rings. The molecule has 3 rings (SSSR count). The van der Waals surface area contributed by atoms with Gasteiger partial charge in [-0.2, -0.15) is 0 Å². The Morgan fingerprint density at radius 1 is 1.48 bits per heavy atom. The van der Waals surface area contributed by atoms with Crippen LogP contribution in [0.15, 0.2) is 18.3 Å². The number of pyridine rings is 1. The number of aromatic nitrogens is 1. The molecule has 2 fully saturated rings. The smallest absolute Gasteiger partial charge is 0.311 e. The standard InChI is InChI=1S/C14H18N4O3/c1-16(13-12(18(20)21)3-2-7-15-13)11-6-8-17(9-11)14(19)10-4-5-10/h2-3,7,10-11H,4-6,8-9H2,1H3. The van der Waals surface area contributed by atoms with Crippen molar-refractivity contribution >= 4 is 17.4 Å². The largest absolute Gasteiger partial charge is 0.349 e. The van der Waals surface area contributed by atoms with Gasteiger partial charge in [0.05, 0.1) is 4.92 Å². The van der Waals surface area contributed by atoms with Crippen LogP contribution in [0.3, 0.4) is 0 Å². The van der Waals surface area contributed by atoms with Gasteiger partial charge in [0.25, 0.3) is 0 Å². The van der Waals surface area contributed by atoms with Gasteiger partial charge in [-0.05, 0) is 25.3 Å². The number of rotatable bonds is 4. The molecule has 1 aliphatic carbocycles. The van der Waals surface area contributed by atoms with Gasteiger partial charge in [-0.15, -0.1) is 0 Å². The SMILES string of the molecule is CN(c1ncccc1[N+](=O)[O-])C1CCN(C(=O)C2CC2)C1. The zero-order valence-corrected chi connectivity index (χ0v) is 11.9. The van der Waals surface area contributed by atoms with E-state index in [9.17, 15) is 14.9 Å². The highest BCUT2D eigenvalue weighted by atomic mass is 16.6. The average Bonchev–Trinajstić information content (AvgIpc) is 3.22. The Labute approximate surface area is 122 Å². The number of hydrogen-bond acceptors (Lipinski definition) is 5. The van der Waals surface area contributed by atoms with Gasteiger partial charge < -0.3 is 9.80 Å². The first-order valence-electron chi connectivity index (χ1n) is 7.19. The lowest BCUT2D eigenvalue weighted by atomic mass is 10.2. The molecular formula is C14H18N4O3. The Kier molecular flexibility index (Phi) is 3.48. The number of amides is 1. The number of nitro groups is 1. The van der Waals surface area contributed by atoms with Gasteiger partial charge in [0.15, 0.2) is 0 Å². The van der Waals surface area contributed by atoms with Crippen LogP contribution < -0.4 is 4.90 Å². The van der Waals surface area contributed by atoms with Gasteiger partial charge in [0, 0.05) is 44.4 Å². The number of likely N-dealkylation sites (N-methyl/N-ethyl adjacent to an activating group) is 1. The molecule has 7 heteroatoms. The van der Waals surface area contributed by atoms with E-state index in [1.165, 1.54) is 6.07 Å².